The van der Waals surface area contributed by atoms with Crippen molar-refractivity contribution >= 4 is 11.6 Å². The smallest absolute Gasteiger partial charge is 0.166 e. The molecular weight excluding hydrogens is 282 g/mol. The number of hydrogen-bond acceptors (Lipinski definition) is 1. The molecule has 3 rings (SSSR count). The van der Waals surface area contributed by atoms with E-state index in [9.17, 15) is 8.78 Å². The van der Waals surface area contributed by atoms with Crippen LogP contribution in [0.4, 0.5) is 8.78 Å². The van der Waals surface area contributed by atoms with Gasteiger partial charge in [-0.2, -0.15) is 0 Å². The van der Waals surface area contributed by atoms with Crippen molar-refractivity contribution in [3.05, 3.63) is 64.0 Å². The van der Waals surface area contributed by atoms with Crippen molar-refractivity contribution in [3.8, 4) is 5.75 Å². The zero-order valence-corrected chi connectivity index (χ0v) is 12.9. The zero-order chi connectivity index (χ0) is 15.9. The zero-order valence-electron chi connectivity index (χ0n) is 12.9. The van der Waals surface area contributed by atoms with Crippen LogP contribution < -0.4 is 15.2 Å². The molecule has 1 nitrogen and oxygen atoms in total. The number of hydrogen-bond donors (Lipinski definition) is 0. The Labute approximate surface area is 128 Å². The minimum absolute atomic E-state index is 0.242. The standard InChI is InChI=1S/C19H18F2O/c1-12-11-19(2,3)22-16-9-5-6-13(17(12)16)10-14-7-4-8-15(20)18(14)21/h4-10H,11H2,1-3H3/b13-10-. The minimum atomic E-state index is -0.836. The van der Waals surface area contributed by atoms with E-state index in [0.717, 1.165) is 28.7 Å². The molecule has 0 aromatic heterocycles. The van der Waals surface area contributed by atoms with E-state index in [1.165, 1.54) is 11.6 Å². The van der Waals surface area contributed by atoms with Crippen molar-refractivity contribution in [2.75, 3.05) is 0 Å². The summed E-state index contributed by atoms with van der Waals surface area (Å²) < 4.78 is 33.3. The van der Waals surface area contributed by atoms with Gasteiger partial charge < -0.3 is 4.74 Å². The van der Waals surface area contributed by atoms with Gasteiger partial charge >= 0.3 is 0 Å². The summed E-state index contributed by atoms with van der Waals surface area (Å²) in [6, 6.07) is 9.89. The quantitative estimate of drug-likeness (QED) is 0.783. The number of ether oxygens (including phenoxy) is 1. The van der Waals surface area contributed by atoms with Gasteiger partial charge in [-0.15, -0.1) is 0 Å². The molecule has 1 heterocycles. The van der Waals surface area contributed by atoms with Crippen LogP contribution in [-0.2, 0) is 0 Å². The fourth-order valence-electron chi connectivity index (χ4n) is 3.07. The lowest BCUT2D eigenvalue weighted by Gasteiger charge is -2.31. The summed E-state index contributed by atoms with van der Waals surface area (Å²) in [5.41, 5.74) is 1.18. The predicted octanol–water partition coefficient (Wildman–Crippen LogP) is 3.53. The molecule has 0 amide bonds. The van der Waals surface area contributed by atoms with Gasteiger partial charge in [-0.3, -0.25) is 0 Å². The molecule has 0 spiro atoms. The van der Waals surface area contributed by atoms with Gasteiger partial charge in [0.1, 0.15) is 11.4 Å². The Morgan fingerprint density at radius 3 is 2.59 bits per heavy atom. The summed E-state index contributed by atoms with van der Waals surface area (Å²) in [5, 5.41) is 1.82. The molecule has 1 aliphatic rings. The summed E-state index contributed by atoms with van der Waals surface area (Å²) in [6.07, 6.45) is 2.47. The van der Waals surface area contributed by atoms with Crippen molar-refractivity contribution < 1.29 is 13.5 Å². The second-order valence-corrected chi connectivity index (χ2v) is 6.33. The molecule has 0 saturated heterocycles. The lowest BCUT2D eigenvalue weighted by atomic mass is 9.93. The molecule has 0 unspecified atom stereocenters. The lowest BCUT2D eigenvalue weighted by molar-refractivity contribution is 0.107. The van der Waals surface area contributed by atoms with Gasteiger partial charge in [-0.1, -0.05) is 29.8 Å². The fraction of sp³-hybridized carbons (Fsp3) is 0.263. The van der Waals surface area contributed by atoms with E-state index in [1.54, 1.807) is 12.1 Å². The van der Waals surface area contributed by atoms with Gasteiger partial charge in [0.15, 0.2) is 11.6 Å². The first-order valence-electron chi connectivity index (χ1n) is 7.31. The summed E-state index contributed by atoms with van der Waals surface area (Å²) >= 11 is 0. The topological polar surface area (TPSA) is 9.23 Å². The Hall–Kier alpha value is -2.16. The van der Waals surface area contributed by atoms with E-state index >= 15 is 0 Å². The Morgan fingerprint density at radius 2 is 1.82 bits per heavy atom. The van der Waals surface area contributed by atoms with E-state index < -0.39 is 11.6 Å². The van der Waals surface area contributed by atoms with E-state index in [1.807, 2.05) is 32.0 Å². The van der Waals surface area contributed by atoms with Gasteiger partial charge in [-0.05, 0) is 44.2 Å². The SMILES string of the molecule is CC1=c2c(ccc/c2=C/c2cccc(F)c2F)OC(C)(C)C1. The highest BCUT2D eigenvalue weighted by Crippen LogP contribution is 2.26. The van der Waals surface area contributed by atoms with Gasteiger partial charge in [0.2, 0.25) is 0 Å². The molecule has 0 fully saturated rings. The number of rotatable bonds is 1. The van der Waals surface area contributed by atoms with E-state index in [-0.39, 0.29) is 11.2 Å². The van der Waals surface area contributed by atoms with Crippen molar-refractivity contribution in [2.45, 2.75) is 32.8 Å². The molecule has 2 aromatic rings. The first-order chi connectivity index (χ1) is 10.4. The molecule has 0 saturated carbocycles. The average Bonchev–Trinajstić information content (AvgIpc) is 2.42. The molecular formula is C19H18F2O. The van der Waals surface area contributed by atoms with Crippen molar-refractivity contribution in [1.29, 1.82) is 0 Å². The van der Waals surface area contributed by atoms with Crippen LogP contribution in [0.15, 0.2) is 36.4 Å². The van der Waals surface area contributed by atoms with Crippen LogP contribution in [0.2, 0.25) is 0 Å². The molecule has 114 valence electrons. The van der Waals surface area contributed by atoms with E-state index in [0.29, 0.717) is 0 Å². The molecule has 0 N–H and O–H groups in total. The number of benzene rings is 2. The van der Waals surface area contributed by atoms with E-state index in [4.69, 9.17) is 4.74 Å². The maximum Gasteiger partial charge on any atom is 0.166 e. The predicted molar refractivity (Wildman–Crippen MR) is 84.0 cm³/mol. The number of fused-ring (bicyclic) bond motifs is 1. The van der Waals surface area contributed by atoms with Crippen LogP contribution in [0, 0.1) is 11.6 Å². The third kappa shape index (κ3) is 2.63. The molecule has 3 heteroatoms. The second-order valence-electron chi connectivity index (χ2n) is 6.33. The Kier molecular flexibility index (Phi) is 3.51. The van der Waals surface area contributed by atoms with Crippen LogP contribution in [0.25, 0.3) is 11.6 Å². The highest BCUT2D eigenvalue weighted by atomic mass is 19.2. The van der Waals surface area contributed by atoms with Crippen LogP contribution in [0.3, 0.4) is 0 Å². The maximum atomic E-state index is 13.9. The average molecular weight is 300 g/mol. The molecule has 0 atom stereocenters. The van der Waals surface area contributed by atoms with Crippen LogP contribution in [0.5, 0.6) is 5.75 Å². The minimum Gasteiger partial charge on any atom is -0.487 e. The first-order valence-corrected chi connectivity index (χ1v) is 7.31. The highest BCUT2D eigenvalue weighted by Gasteiger charge is 2.25. The molecule has 0 bridgehead atoms. The van der Waals surface area contributed by atoms with Crippen LogP contribution in [-0.4, -0.2) is 5.60 Å². The van der Waals surface area contributed by atoms with Crippen molar-refractivity contribution in [3.63, 3.8) is 0 Å². The summed E-state index contributed by atoms with van der Waals surface area (Å²) in [7, 11) is 0. The maximum absolute atomic E-state index is 13.9. The second kappa shape index (κ2) is 5.24. The van der Waals surface area contributed by atoms with Crippen molar-refractivity contribution in [1.82, 2.24) is 0 Å². The van der Waals surface area contributed by atoms with Crippen LogP contribution in [0.1, 0.15) is 32.8 Å². The Balaban J connectivity index is 2.27. The van der Waals surface area contributed by atoms with Crippen LogP contribution >= 0.6 is 0 Å². The summed E-state index contributed by atoms with van der Waals surface area (Å²) in [6.45, 7) is 6.15. The van der Waals surface area contributed by atoms with Gasteiger partial charge in [-0.25, -0.2) is 8.78 Å². The third-order valence-electron chi connectivity index (χ3n) is 3.85. The highest BCUT2D eigenvalue weighted by molar-refractivity contribution is 5.57. The largest absolute Gasteiger partial charge is 0.487 e. The molecule has 0 aliphatic carbocycles. The van der Waals surface area contributed by atoms with Gasteiger partial charge in [0.05, 0.1) is 0 Å². The third-order valence-corrected chi connectivity index (χ3v) is 3.85. The summed E-state index contributed by atoms with van der Waals surface area (Å²) in [4.78, 5) is 0. The first kappa shape index (κ1) is 14.8. The molecule has 22 heavy (non-hydrogen) atoms. The molecule has 0 radical (unpaired) electrons. The Morgan fingerprint density at radius 1 is 1.09 bits per heavy atom. The molecule has 2 aromatic carbocycles. The monoisotopic (exact) mass is 300 g/mol. The summed E-state index contributed by atoms with van der Waals surface area (Å²) in [5.74, 6) is -0.870. The lowest BCUT2D eigenvalue weighted by Crippen LogP contribution is -2.41. The van der Waals surface area contributed by atoms with Gasteiger partial charge in [0.25, 0.3) is 0 Å². The van der Waals surface area contributed by atoms with Gasteiger partial charge in [0, 0.05) is 17.2 Å². The number of halogens is 2. The van der Waals surface area contributed by atoms with E-state index in [2.05, 4.69) is 6.92 Å². The van der Waals surface area contributed by atoms with Crippen molar-refractivity contribution in [2.24, 2.45) is 0 Å². The Bertz CT molecular complexity index is 850. The molecule has 1 aliphatic heterocycles. The normalized spacial score (nSPS) is 17.1. The fourth-order valence-corrected chi connectivity index (χ4v) is 3.07.